The van der Waals surface area contributed by atoms with Crippen molar-refractivity contribution >= 4 is 27.8 Å². The lowest BCUT2D eigenvalue weighted by Gasteiger charge is -2.26. The summed E-state index contributed by atoms with van der Waals surface area (Å²) in [6, 6.07) is 3.67. The predicted molar refractivity (Wildman–Crippen MR) is 94.6 cm³/mol. The second-order valence-corrected chi connectivity index (χ2v) is 9.10. The van der Waals surface area contributed by atoms with E-state index >= 15 is 0 Å². The molecule has 1 N–H and O–H groups in total. The number of carbonyl (C=O) groups is 2. The second-order valence-electron chi connectivity index (χ2n) is 7.29. The first-order valence-corrected chi connectivity index (χ1v) is 9.57. The van der Waals surface area contributed by atoms with Crippen molar-refractivity contribution in [2.24, 2.45) is 5.92 Å². The van der Waals surface area contributed by atoms with Crippen molar-refractivity contribution in [1.29, 1.82) is 0 Å². The number of nitrogens with one attached hydrogen (secondary N) is 1. The molecule has 0 unspecified atom stereocenters. The zero-order valence-corrected chi connectivity index (χ0v) is 15.8. The highest BCUT2D eigenvalue weighted by Crippen LogP contribution is 2.29. The van der Waals surface area contributed by atoms with Gasteiger partial charge in [-0.2, -0.15) is 0 Å². The monoisotopic (exact) mass is 365 g/mol. The maximum absolute atomic E-state index is 12.7. The van der Waals surface area contributed by atoms with E-state index in [1.165, 1.54) is 24.3 Å². The Bertz CT molecular complexity index is 832. The Morgan fingerprint density at radius 2 is 1.80 bits per heavy atom. The number of benzene rings is 1. The zero-order valence-electron chi connectivity index (χ0n) is 15.0. The van der Waals surface area contributed by atoms with E-state index in [1.54, 1.807) is 34.6 Å². The molecule has 7 heteroatoms. The molecule has 1 heterocycles. The third kappa shape index (κ3) is 4.28. The van der Waals surface area contributed by atoms with Crippen molar-refractivity contribution in [3.63, 3.8) is 0 Å². The average Bonchev–Trinajstić information content (AvgIpc) is 2.78. The summed E-state index contributed by atoms with van der Waals surface area (Å²) < 4.78 is 29.2. The molecule has 1 aliphatic heterocycles. The van der Waals surface area contributed by atoms with Gasteiger partial charge < -0.3 is 10.1 Å². The Hall–Kier alpha value is -2.15. The van der Waals surface area contributed by atoms with Gasteiger partial charge in [0.05, 0.1) is 4.90 Å². The van der Waals surface area contributed by atoms with E-state index in [-0.39, 0.29) is 16.4 Å². The standard InChI is InChI=1S/C18H23NO5S/c1-11(2)15(17(21)24-18(3,4)5)19-16(20)13-7-6-8-14-12(13)9-10-25(14,22)23/h6-11,15H,1-5H3,(H,19,20)/t15-/m0/s1. The Kier molecular flexibility index (Phi) is 5.09. The minimum absolute atomic E-state index is 0.0958. The number of amides is 1. The highest BCUT2D eigenvalue weighted by atomic mass is 32.2. The van der Waals surface area contributed by atoms with Gasteiger partial charge >= 0.3 is 5.97 Å². The molecule has 2 rings (SSSR count). The van der Waals surface area contributed by atoms with Crippen molar-refractivity contribution in [2.45, 2.75) is 51.2 Å². The lowest BCUT2D eigenvalue weighted by molar-refractivity contribution is -0.158. The van der Waals surface area contributed by atoms with Crippen molar-refractivity contribution in [1.82, 2.24) is 5.32 Å². The van der Waals surface area contributed by atoms with Gasteiger partial charge in [-0.15, -0.1) is 0 Å². The molecule has 0 bridgehead atoms. The van der Waals surface area contributed by atoms with Gasteiger partial charge in [-0.25, -0.2) is 13.2 Å². The van der Waals surface area contributed by atoms with Crippen molar-refractivity contribution in [2.75, 3.05) is 0 Å². The fourth-order valence-electron chi connectivity index (χ4n) is 2.47. The molecule has 1 aromatic carbocycles. The smallest absolute Gasteiger partial charge is 0.329 e. The first-order chi connectivity index (χ1) is 11.4. The molecule has 0 radical (unpaired) electrons. The normalized spacial score (nSPS) is 16.4. The van der Waals surface area contributed by atoms with Crippen LogP contribution in [-0.4, -0.2) is 31.9 Å². The first kappa shape index (κ1) is 19.2. The van der Waals surface area contributed by atoms with Gasteiger partial charge in [-0.1, -0.05) is 19.9 Å². The lowest BCUT2D eigenvalue weighted by Crippen LogP contribution is -2.47. The summed E-state index contributed by atoms with van der Waals surface area (Å²) in [6.07, 6.45) is 1.40. The Morgan fingerprint density at radius 1 is 1.16 bits per heavy atom. The number of ether oxygens (including phenoxy) is 1. The van der Waals surface area contributed by atoms with Crippen LogP contribution in [0.15, 0.2) is 28.5 Å². The number of fused-ring (bicyclic) bond motifs is 1. The van der Waals surface area contributed by atoms with Crippen LogP contribution in [0.4, 0.5) is 0 Å². The van der Waals surface area contributed by atoms with Crippen LogP contribution in [0.5, 0.6) is 0 Å². The molecule has 0 fully saturated rings. The van der Waals surface area contributed by atoms with E-state index in [0.717, 1.165) is 5.41 Å². The summed E-state index contributed by atoms with van der Waals surface area (Å²) in [5.41, 5.74) is -0.115. The van der Waals surface area contributed by atoms with Crippen LogP contribution in [0.1, 0.15) is 50.5 Å². The van der Waals surface area contributed by atoms with E-state index in [2.05, 4.69) is 5.32 Å². The summed E-state index contributed by atoms with van der Waals surface area (Å²) in [5, 5.41) is 3.74. The number of hydrogen-bond acceptors (Lipinski definition) is 5. The summed E-state index contributed by atoms with van der Waals surface area (Å²) >= 11 is 0. The Morgan fingerprint density at radius 3 is 2.36 bits per heavy atom. The number of esters is 1. The summed E-state index contributed by atoms with van der Waals surface area (Å²) in [7, 11) is -3.50. The predicted octanol–water partition coefficient (Wildman–Crippen LogP) is 2.54. The van der Waals surface area contributed by atoms with Gasteiger partial charge in [0.25, 0.3) is 5.91 Å². The molecule has 0 saturated heterocycles. The van der Waals surface area contributed by atoms with E-state index in [1.807, 2.05) is 0 Å². The third-order valence-corrected chi connectivity index (χ3v) is 5.11. The molecule has 136 valence electrons. The SMILES string of the molecule is CC(C)[C@H](NC(=O)c1cccc2c1C=CS2(=O)=O)C(=O)OC(C)(C)C. The average molecular weight is 365 g/mol. The summed E-state index contributed by atoms with van der Waals surface area (Å²) in [4.78, 5) is 25.1. The van der Waals surface area contributed by atoms with E-state index < -0.39 is 33.4 Å². The van der Waals surface area contributed by atoms with Gasteiger partial charge in [0, 0.05) is 16.5 Å². The second kappa shape index (κ2) is 6.63. The van der Waals surface area contributed by atoms with Gasteiger partial charge in [0.15, 0.2) is 9.84 Å². The number of carbonyl (C=O) groups excluding carboxylic acids is 2. The molecule has 1 amide bonds. The van der Waals surface area contributed by atoms with Crippen molar-refractivity contribution < 1.29 is 22.7 Å². The van der Waals surface area contributed by atoms with Crippen LogP contribution in [-0.2, 0) is 19.4 Å². The maximum Gasteiger partial charge on any atom is 0.329 e. The molecule has 0 aliphatic carbocycles. The maximum atomic E-state index is 12.7. The highest BCUT2D eigenvalue weighted by molar-refractivity contribution is 7.94. The van der Waals surface area contributed by atoms with Crippen LogP contribution in [0.2, 0.25) is 0 Å². The van der Waals surface area contributed by atoms with Gasteiger partial charge in [0.2, 0.25) is 0 Å². The van der Waals surface area contributed by atoms with Crippen LogP contribution < -0.4 is 5.32 Å². The number of sulfone groups is 1. The summed E-state index contributed by atoms with van der Waals surface area (Å²) in [6.45, 7) is 8.86. The Balaban J connectivity index is 2.28. The molecule has 0 aromatic heterocycles. The number of rotatable bonds is 4. The quantitative estimate of drug-likeness (QED) is 0.828. The Labute approximate surface area is 148 Å². The summed E-state index contributed by atoms with van der Waals surface area (Å²) in [5.74, 6) is -1.22. The topological polar surface area (TPSA) is 89.5 Å². The zero-order chi connectivity index (χ0) is 19.0. The molecule has 0 spiro atoms. The molecule has 0 saturated carbocycles. The van der Waals surface area contributed by atoms with Crippen LogP contribution in [0.25, 0.3) is 6.08 Å². The van der Waals surface area contributed by atoms with Crippen LogP contribution in [0, 0.1) is 5.92 Å². The molecule has 25 heavy (non-hydrogen) atoms. The number of hydrogen-bond donors (Lipinski definition) is 1. The van der Waals surface area contributed by atoms with Gasteiger partial charge in [-0.3, -0.25) is 4.79 Å². The third-order valence-electron chi connectivity index (χ3n) is 3.65. The first-order valence-electron chi connectivity index (χ1n) is 8.02. The van der Waals surface area contributed by atoms with E-state index in [0.29, 0.717) is 5.56 Å². The minimum Gasteiger partial charge on any atom is -0.458 e. The van der Waals surface area contributed by atoms with Gasteiger partial charge in [-0.05, 0) is 44.9 Å². The lowest BCUT2D eigenvalue weighted by atomic mass is 10.0. The van der Waals surface area contributed by atoms with Gasteiger partial charge in [0.1, 0.15) is 11.6 Å². The van der Waals surface area contributed by atoms with Crippen molar-refractivity contribution in [3.05, 3.63) is 34.7 Å². The molecule has 1 aliphatic rings. The fourth-order valence-corrected chi connectivity index (χ4v) is 3.69. The molecule has 1 atom stereocenters. The highest BCUT2D eigenvalue weighted by Gasteiger charge is 2.31. The molecular formula is C18H23NO5S. The largest absolute Gasteiger partial charge is 0.458 e. The molecule has 6 nitrogen and oxygen atoms in total. The molecular weight excluding hydrogens is 342 g/mol. The fraction of sp³-hybridized carbons (Fsp3) is 0.444. The van der Waals surface area contributed by atoms with E-state index in [9.17, 15) is 18.0 Å². The van der Waals surface area contributed by atoms with Crippen LogP contribution >= 0.6 is 0 Å². The molecule has 1 aromatic rings. The minimum atomic E-state index is -3.50. The van der Waals surface area contributed by atoms with E-state index in [4.69, 9.17) is 4.74 Å². The van der Waals surface area contributed by atoms with Crippen LogP contribution in [0.3, 0.4) is 0 Å². The van der Waals surface area contributed by atoms with Crippen molar-refractivity contribution in [3.8, 4) is 0 Å².